The summed E-state index contributed by atoms with van der Waals surface area (Å²) in [5.74, 6) is -0.785. The van der Waals surface area contributed by atoms with Crippen LogP contribution < -0.4 is 10.6 Å². The van der Waals surface area contributed by atoms with E-state index in [1.165, 1.54) is 16.8 Å². The summed E-state index contributed by atoms with van der Waals surface area (Å²) in [6.07, 6.45) is 2.36. The first-order chi connectivity index (χ1) is 8.18. The maximum Gasteiger partial charge on any atom is 0.321 e. The number of hydrogen-bond donors (Lipinski definition) is 3. The van der Waals surface area contributed by atoms with Gasteiger partial charge in [-0.05, 0) is 12.8 Å². The van der Waals surface area contributed by atoms with E-state index < -0.39 is 5.97 Å². The largest absolute Gasteiger partial charge is 0.481 e. The molecule has 0 saturated carbocycles. The minimum atomic E-state index is -0.785. The molecule has 1 aromatic heterocycles. The highest BCUT2D eigenvalue weighted by molar-refractivity contribution is 7.13. The minimum absolute atomic E-state index is 0.178. The van der Waals surface area contributed by atoms with E-state index in [4.69, 9.17) is 5.11 Å². The third-order valence-corrected chi connectivity index (χ3v) is 2.54. The van der Waals surface area contributed by atoms with Crippen LogP contribution in [0.2, 0.25) is 0 Å². The summed E-state index contributed by atoms with van der Waals surface area (Å²) in [5, 5.41) is 21.3. The van der Waals surface area contributed by atoms with E-state index in [0.29, 0.717) is 18.1 Å². The van der Waals surface area contributed by atoms with E-state index in [0.717, 1.165) is 12.8 Å². The minimum Gasteiger partial charge on any atom is -0.481 e. The van der Waals surface area contributed by atoms with Crippen LogP contribution in [0.4, 0.5) is 9.93 Å². The molecule has 1 rings (SSSR count). The average Bonchev–Trinajstić information content (AvgIpc) is 2.75. The summed E-state index contributed by atoms with van der Waals surface area (Å²) < 4.78 is 0. The fraction of sp³-hybridized carbons (Fsp3) is 0.556. The van der Waals surface area contributed by atoms with Gasteiger partial charge in [0.1, 0.15) is 5.51 Å². The number of unbranched alkanes of at least 4 members (excludes halogenated alkanes) is 2. The Labute approximate surface area is 102 Å². The molecule has 1 heterocycles. The van der Waals surface area contributed by atoms with Crippen LogP contribution in [0.3, 0.4) is 0 Å². The van der Waals surface area contributed by atoms with Crippen LogP contribution in [0.5, 0.6) is 0 Å². The number of nitrogens with one attached hydrogen (secondary N) is 2. The summed E-state index contributed by atoms with van der Waals surface area (Å²) in [5.41, 5.74) is 1.53. The van der Waals surface area contributed by atoms with Crippen molar-refractivity contribution < 1.29 is 14.7 Å². The quantitative estimate of drug-likeness (QED) is 0.639. The van der Waals surface area contributed by atoms with Gasteiger partial charge in [-0.3, -0.25) is 10.1 Å². The molecule has 0 spiro atoms. The Kier molecular flexibility index (Phi) is 5.94. The van der Waals surface area contributed by atoms with E-state index in [1.54, 1.807) is 0 Å². The zero-order valence-electron chi connectivity index (χ0n) is 9.18. The fourth-order valence-corrected chi connectivity index (χ4v) is 1.59. The van der Waals surface area contributed by atoms with Gasteiger partial charge in [0.25, 0.3) is 0 Å². The predicted octanol–water partition coefficient (Wildman–Crippen LogP) is 1.30. The summed E-state index contributed by atoms with van der Waals surface area (Å²) in [4.78, 5) is 21.5. The lowest BCUT2D eigenvalue weighted by Crippen LogP contribution is -2.29. The molecule has 0 aliphatic rings. The normalized spacial score (nSPS) is 9.88. The van der Waals surface area contributed by atoms with Crippen LogP contribution in [0.25, 0.3) is 0 Å². The highest BCUT2D eigenvalue weighted by Crippen LogP contribution is 2.07. The van der Waals surface area contributed by atoms with Gasteiger partial charge in [-0.2, -0.15) is 0 Å². The van der Waals surface area contributed by atoms with E-state index in [9.17, 15) is 9.59 Å². The number of rotatable bonds is 7. The lowest BCUT2D eigenvalue weighted by Gasteiger charge is -2.04. The SMILES string of the molecule is O=C(O)CCCCCNC(=O)Nc1nncs1. The van der Waals surface area contributed by atoms with Crippen molar-refractivity contribution >= 4 is 28.5 Å². The highest BCUT2D eigenvalue weighted by atomic mass is 32.1. The van der Waals surface area contributed by atoms with Crippen molar-refractivity contribution in [3.8, 4) is 0 Å². The second kappa shape index (κ2) is 7.55. The number of carboxylic acid groups (broad SMARTS) is 1. The van der Waals surface area contributed by atoms with Gasteiger partial charge in [0, 0.05) is 13.0 Å². The molecule has 0 bridgehead atoms. The number of urea groups is 1. The van der Waals surface area contributed by atoms with Crippen molar-refractivity contribution in [2.24, 2.45) is 0 Å². The van der Waals surface area contributed by atoms with Crippen LogP contribution in [0.15, 0.2) is 5.51 Å². The predicted molar refractivity (Wildman–Crippen MR) is 63.0 cm³/mol. The molecule has 17 heavy (non-hydrogen) atoms. The number of anilines is 1. The molecule has 8 heteroatoms. The fourth-order valence-electron chi connectivity index (χ4n) is 1.15. The van der Waals surface area contributed by atoms with Gasteiger partial charge in [-0.25, -0.2) is 4.79 Å². The second-order valence-electron chi connectivity index (χ2n) is 3.33. The molecule has 0 aliphatic carbocycles. The summed E-state index contributed by atoms with van der Waals surface area (Å²) >= 11 is 1.24. The molecular weight excluding hydrogens is 244 g/mol. The van der Waals surface area contributed by atoms with Crippen LogP contribution in [-0.4, -0.2) is 33.8 Å². The van der Waals surface area contributed by atoms with Gasteiger partial charge in [0.2, 0.25) is 5.13 Å². The molecule has 7 nitrogen and oxygen atoms in total. The van der Waals surface area contributed by atoms with Crippen molar-refractivity contribution in [3.05, 3.63) is 5.51 Å². The molecule has 0 saturated heterocycles. The number of amides is 2. The number of aromatic nitrogens is 2. The summed E-state index contributed by atoms with van der Waals surface area (Å²) in [6.45, 7) is 0.518. The molecule has 0 atom stereocenters. The molecule has 0 radical (unpaired) electrons. The number of carbonyl (C=O) groups excluding carboxylic acids is 1. The highest BCUT2D eigenvalue weighted by Gasteiger charge is 2.03. The Morgan fingerprint density at radius 2 is 2.18 bits per heavy atom. The first-order valence-electron chi connectivity index (χ1n) is 5.21. The third kappa shape index (κ3) is 6.46. The van der Waals surface area contributed by atoms with Crippen molar-refractivity contribution in [3.63, 3.8) is 0 Å². The van der Waals surface area contributed by atoms with E-state index >= 15 is 0 Å². The van der Waals surface area contributed by atoms with Crippen molar-refractivity contribution in [2.45, 2.75) is 25.7 Å². The van der Waals surface area contributed by atoms with Gasteiger partial charge >= 0.3 is 12.0 Å². The molecule has 0 aliphatic heterocycles. The van der Waals surface area contributed by atoms with Crippen LogP contribution in [0.1, 0.15) is 25.7 Å². The van der Waals surface area contributed by atoms with Crippen molar-refractivity contribution in [1.29, 1.82) is 0 Å². The van der Waals surface area contributed by atoms with Gasteiger partial charge in [-0.15, -0.1) is 10.2 Å². The molecule has 2 amide bonds. The molecule has 0 aromatic carbocycles. The topological polar surface area (TPSA) is 104 Å². The van der Waals surface area contributed by atoms with E-state index in [1.807, 2.05) is 0 Å². The van der Waals surface area contributed by atoms with Gasteiger partial charge in [0.05, 0.1) is 0 Å². The Morgan fingerprint density at radius 1 is 1.35 bits per heavy atom. The Balaban J connectivity index is 1.99. The van der Waals surface area contributed by atoms with Gasteiger partial charge in [-0.1, -0.05) is 17.8 Å². The lowest BCUT2D eigenvalue weighted by molar-refractivity contribution is -0.137. The Morgan fingerprint density at radius 3 is 2.82 bits per heavy atom. The summed E-state index contributed by atoms with van der Waals surface area (Å²) in [6, 6.07) is -0.319. The van der Waals surface area contributed by atoms with Crippen molar-refractivity contribution in [1.82, 2.24) is 15.5 Å². The molecular formula is C9H14N4O3S. The standard InChI is InChI=1S/C9H14N4O3S/c14-7(15)4-2-1-3-5-10-8(16)12-9-13-11-6-17-9/h6H,1-5H2,(H,14,15)(H2,10,12,13,16). The van der Waals surface area contributed by atoms with E-state index in [-0.39, 0.29) is 12.5 Å². The first kappa shape index (κ1) is 13.4. The van der Waals surface area contributed by atoms with Crippen LogP contribution >= 0.6 is 11.3 Å². The molecule has 0 unspecified atom stereocenters. The Hall–Kier alpha value is -1.70. The smallest absolute Gasteiger partial charge is 0.321 e. The molecule has 3 N–H and O–H groups in total. The maximum atomic E-state index is 11.3. The van der Waals surface area contributed by atoms with Crippen molar-refractivity contribution in [2.75, 3.05) is 11.9 Å². The van der Waals surface area contributed by atoms with Gasteiger partial charge < -0.3 is 10.4 Å². The second-order valence-corrected chi connectivity index (χ2v) is 4.16. The molecule has 94 valence electrons. The zero-order chi connectivity index (χ0) is 12.5. The number of carbonyl (C=O) groups is 2. The summed E-state index contributed by atoms with van der Waals surface area (Å²) in [7, 11) is 0. The third-order valence-electron chi connectivity index (χ3n) is 1.93. The number of aliphatic carboxylic acids is 1. The van der Waals surface area contributed by atoms with E-state index in [2.05, 4.69) is 20.8 Å². The van der Waals surface area contributed by atoms with Crippen LogP contribution in [0, 0.1) is 0 Å². The number of nitrogens with zero attached hydrogens (tertiary/aromatic N) is 2. The molecule has 1 aromatic rings. The van der Waals surface area contributed by atoms with Gasteiger partial charge in [0.15, 0.2) is 0 Å². The first-order valence-corrected chi connectivity index (χ1v) is 6.09. The monoisotopic (exact) mass is 258 g/mol. The zero-order valence-corrected chi connectivity index (χ0v) is 10.00. The lowest BCUT2D eigenvalue weighted by atomic mass is 10.2. The molecule has 0 fully saturated rings. The maximum absolute atomic E-state index is 11.3. The Bertz CT molecular complexity index is 355. The van der Waals surface area contributed by atoms with Crippen LogP contribution in [-0.2, 0) is 4.79 Å². The number of hydrogen-bond acceptors (Lipinski definition) is 5. The number of carboxylic acids is 1. The average molecular weight is 258 g/mol.